The number of nitrogens with zero attached hydrogens (tertiary/aromatic N) is 3. The average molecular weight is 622 g/mol. The van der Waals surface area contributed by atoms with Crippen LogP contribution >= 0.6 is 34.7 Å². The van der Waals surface area contributed by atoms with E-state index in [4.69, 9.17) is 21.1 Å². The van der Waals surface area contributed by atoms with Crippen molar-refractivity contribution in [2.75, 3.05) is 18.6 Å². The van der Waals surface area contributed by atoms with Gasteiger partial charge in [0.1, 0.15) is 5.76 Å². The highest BCUT2D eigenvalue weighted by Gasteiger charge is 2.48. The smallest absolute Gasteiger partial charge is 0.301 e. The van der Waals surface area contributed by atoms with Gasteiger partial charge in [-0.3, -0.25) is 14.5 Å². The lowest BCUT2D eigenvalue weighted by Crippen LogP contribution is -2.29. The highest BCUT2D eigenvalue weighted by atomic mass is 35.5. The largest absolute Gasteiger partial charge is 0.507 e. The maximum atomic E-state index is 13.6. The molecule has 1 N–H and O–H groups in total. The van der Waals surface area contributed by atoms with Crippen molar-refractivity contribution < 1.29 is 24.2 Å². The molecule has 11 heteroatoms. The molecule has 1 atom stereocenters. The number of rotatable bonds is 9. The summed E-state index contributed by atoms with van der Waals surface area (Å²) in [5, 5.41) is 21.0. The molecule has 4 aromatic rings. The van der Waals surface area contributed by atoms with Gasteiger partial charge in [0, 0.05) is 16.3 Å². The first-order valence-corrected chi connectivity index (χ1v) is 15.3. The molecule has 1 aromatic heterocycles. The van der Waals surface area contributed by atoms with Crippen LogP contribution in [-0.2, 0) is 15.3 Å². The summed E-state index contributed by atoms with van der Waals surface area (Å²) < 4.78 is 11.8. The highest BCUT2D eigenvalue weighted by molar-refractivity contribution is 8.00. The van der Waals surface area contributed by atoms with Gasteiger partial charge in [0.25, 0.3) is 5.78 Å². The summed E-state index contributed by atoms with van der Waals surface area (Å²) in [5.74, 6) is -0.374. The molecule has 1 saturated heterocycles. The number of carbonyl (C=O) groups excluding carboxylic acids is 2. The van der Waals surface area contributed by atoms with E-state index >= 15 is 0 Å². The Morgan fingerprint density at radius 1 is 1.07 bits per heavy atom. The number of hydrogen-bond donors (Lipinski definition) is 1. The number of amides is 1. The van der Waals surface area contributed by atoms with Crippen molar-refractivity contribution in [2.24, 2.45) is 0 Å². The molecule has 5 rings (SSSR count). The van der Waals surface area contributed by atoms with E-state index in [1.54, 1.807) is 24.3 Å². The molecule has 3 aromatic carbocycles. The fraction of sp³-hybridized carbons (Fsp3) is 0.226. The second-order valence-electron chi connectivity index (χ2n) is 9.56. The quantitative estimate of drug-likeness (QED) is 0.0692. The zero-order chi connectivity index (χ0) is 30.0. The number of thioether (sulfide) groups is 1. The van der Waals surface area contributed by atoms with Crippen LogP contribution in [0.1, 0.15) is 40.8 Å². The highest BCUT2D eigenvalue weighted by Crippen LogP contribution is 2.46. The predicted molar refractivity (Wildman–Crippen MR) is 166 cm³/mol. The van der Waals surface area contributed by atoms with Gasteiger partial charge in [0.15, 0.2) is 15.8 Å². The maximum Gasteiger partial charge on any atom is 0.301 e. The van der Waals surface area contributed by atoms with Gasteiger partial charge in [-0.25, -0.2) is 0 Å². The predicted octanol–water partition coefficient (Wildman–Crippen LogP) is 7.13. The normalized spacial score (nSPS) is 16.2. The number of aromatic nitrogens is 2. The topological polar surface area (TPSA) is 102 Å². The van der Waals surface area contributed by atoms with Crippen LogP contribution in [0.3, 0.4) is 0 Å². The molecule has 0 bridgehead atoms. The standard InChI is InChI=1S/C31H28ClN3O5S2/c1-5-40-23-13-12-19(15-24(23)39-4)26-25(27(36)21-14-17(2)10-11-18(21)3)28(37)29(38)35(26)30-33-34-31(42-30)41-16-20-8-6-7-9-22(20)32/h6-15,26,36H,5,16H2,1-4H3. The lowest BCUT2D eigenvalue weighted by molar-refractivity contribution is -0.132. The van der Waals surface area contributed by atoms with E-state index in [2.05, 4.69) is 10.2 Å². The Morgan fingerprint density at radius 3 is 2.60 bits per heavy atom. The number of anilines is 1. The lowest BCUT2D eigenvalue weighted by atomic mass is 9.93. The zero-order valence-electron chi connectivity index (χ0n) is 23.4. The number of ketones is 1. The third-order valence-electron chi connectivity index (χ3n) is 6.81. The number of halogens is 1. The first-order chi connectivity index (χ1) is 20.2. The molecule has 0 aliphatic carbocycles. The number of ether oxygens (including phenoxy) is 2. The third-order valence-corrected chi connectivity index (χ3v) is 9.28. The molecule has 0 spiro atoms. The molecule has 1 amide bonds. The summed E-state index contributed by atoms with van der Waals surface area (Å²) in [4.78, 5) is 28.6. The fourth-order valence-electron chi connectivity index (χ4n) is 4.72. The minimum absolute atomic E-state index is 0.0413. The van der Waals surface area contributed by atoms with Crippen molar-refractivity contribution >= 4 is 57.3 Å². The fourth-order valence-corrected chi connectivity index (χ4v) is 6.88. The summed E-state index contributed by atoms with van der Waals surface area (Å²) in [6, 6.07) is 17.3. The first kappa shape index (κ1) is 29.6. The van der Waals surface area contributed by atoms with Gasteiger partial charge in [0.2, 0.25) is 5.13 Å². The molecule has 216 valence electrons. The van der Waals surface area contributed by atoms with Gasteiger partial charge in [0.05, 0.1) is 25.3 Å². The molecule has 2 heterocycles. The van der Waals surface area contributed by atoms with E-state index < -0.39 is 17.7 Å². The van der Waals surface area contributed by atoms with Crippen molar-refractivity contribution in [3.8, 4) is 11.5 Å². The molecule has 1 unspecified atom stereocenters. The number of Topliss-reactive ketones (excluding diaryl/α,β-unsaturated/α-hetero) is 1. The summed E-state index contributed by atoms with van der Waals surface area (Å²) in [7, 11) is 1.52. The minimum Gasteiger partial charge on any atom is -0.507 e. The molecule has 42 heavy (non-hydrogen) atoms. The van der Waals surface area contributed by atoms with Crippen LogP contribution in [0.2, 0.25) is 5.02 Å². The SMILES string of the molecule is CCOc1ccc(C2C(=C(O)c3cc(C)ccc3C)C(=O)C(=O)N2c2nnc(SCc3ccccc3Cl)s2)cc1OC. The Balaban J connectivity index is 1.61. The number of benzene rings is 3. The Kier molecular flexibility index (Phi) is 8.86. The average Bonchev–Trinajstić information content (AvgIpc) is 3.55. The van der Waals surface area contributed by atoms with Crippen LogP contribution in [0.25, 0.3) is 5.76 Å². The molecule has 0 radical (unpaired) electrons. The number of methoxy groups -OCH3 is 1. The number of aliphatic hydroxyl groups is 1. The zero-order valence-corrected chi connectivity index (χ0v) is 25.8. The van der Waals surface area contributed by atoms with Gasteiger partial charge in [-0.1, -0.05) is 76.7 Å². The van der Waals surface area contributed by atoms with E-state index in [1.807, 2.05) is 57.2 Å². The molecular weight excluding hydrogens is 594 g/mol. The van der Waals surface area contributed by atoms with E-state index in [0.29, 0.717) is 44.3 Å². The van der Waals surface area contributed by atoms with Gasteiger partial charge < -0.3 is 14.6 Å². The molecule has 0 saturated carbocycles. The monoisotopic (exact) mass is 621 g/mol. The second kappa shape index (κ2) is 12.6. The van der Waals surface area contributed by atoms with Crippen LogP contribution in [0.5, 0.6) is 11.5 Å². The van der Waals surface area contributed by atoms with Crippen LogP contribution < -0.4 is 14.4 Å². The third kappa shape index (κ3) is 5.74. The van der Waals surface area contributed by atoms with Crippen molar-refractivity contribution in [1.82, 2.24) is 10.2 Å². The van der Waals surface area contributed by atoms with Gasteiger partial charge in [-0.05, 0) is 61.7 Å². The Hall–Kier alpha value is -3.86. The van der Waals surface area contributed by atoms with E-state index in [0.717, 1.165) is 16.7 Å². The van der Waals surface area contributed by atoms with E-state index in [1.165, 1.54) is 35.1 Å². The molecule has 1 fully saturated rings. The van der Waals surface area contributed by atoms with Gasteiger partial charge >= 0.3 is 5.91 Å². The molecular formula is C31H28ClN3O5S2. The van der Waals surface area contributed by atoms with Gasteiger partial charge in [-0.15, -0.1) is 10.2 Å². The Bertz CT molecular complexity index is 1700. The van der Waals surface area contributed by atoms with E-state index in [9.17, 15) is 14.7 Å². The summed E-state index contributed by atoms with van der Waals surface area (Å²) >= 11 is 8.92. The van der Waals surface area contributed by atoms with Crippen LogP contribution in [0, 0.1) is 13.8 Å². The number of aryl methyl sites for hydroxylation is 2. The summed E-state index contributed by atoms with van der Waals surface area (Å²) in [5.41, 5.74) is 3.59. The van der Waals surface area contributed by atoms with Crippen molar-refractivity contribution in [1.29, 1.82) is 0 Å². The lowest BCUT2D eigenvalue weighted by Gasteiger charge is -2.23. The van der Waals surface area contributed by atoms with Crippen molar-refractivity contribution in [2.45, 2.75) is 36.9 Å². The summed E-state index contributed by atoms with van der Waals surface area (Å²) in [6.45, 7) is 6.03. The molecule has 1 aliphatic rings. The molecule has 8 nitrogen and oxygen atoms in total. The molecule has 1 aliphatic heterocycles. The number of hydrogen-bond acceptors (Lipinski definition) is 9. The maximum absolute atomic E-state index is 13.6. The van der Waals surface area contributed by atoms with Crippen LogP contribution in [0.4, 0.5) is 5.13 Å². The Morgan fingerprint density at radius 2 is 1.86 bits per heavy atom. The van der Waals surface area contributed by atoms with Crippen molar-refractivity contribution in [3.05, 3.63) is 99.1 Å². The van der Waals surface area contributed by atoms with Crippen molar-refractivity contribution in [3.63, 3.8) is 0 Å². The number of carbonyl (C=O) groups is 2. The summed E-state index contributed by atoms with van der Waals surface area (Å²) in [6.07, 6.45) is 0. The van der Waals surface area contributed by atoms with E-state index in [-0.39, 0.29) is 16.5 Å². The second-order valence-corrected chi connectivity index (χ2v) is 12.1. The minimum atomic E-state index is -0.983. The van der Waals surface area contributed by atoms with Crippen LogP contribution in [0.15, 0.2) is 70.6 Å². The Labute approximate surface area is 257 Å². The van der Waals surface area contributed by atoms with Crippen LogP contribution in [-0.4, -0.2) is 40.7 Å². The first-order valence-electron chi connectivity index (χ1n) is 13.1. The van der Waals surface area contributed by atoms with Gasteiger partial charge in [-0.2, -0.15) is 0 Å². The number of aliphatic hydroxyl groups excluding tert-OH is 1.